The van der Waals surface area contributed by atoms with Gasteiger partial charge in [0, 0.05) is 22.4 Å². The highest BCUT2D eigenvalue weighted by molar-refractivity contribution is 9.10. The molecule has 3 aromatic rings. The highest BCUT2D eigenvalue weighted by Crippen LogP contribution is 2.32. The molecular formula is C19H20BrN3OS. The first-order valence-electron chi connectivity index (χ1n) is 8.60. The van der Waals surface area contributed by atoms with Gasteiger partial charge in [-0.15, -0.1) is 11.3 Å². The minimum atomic E-state index is 0.162. The van der Waals surface area contributed by atoms with E-state index >= 15 is 0 Å². The Balaban J connectivity index is 1.74. The number of nitrogens with zero attached hydrogens (tertiary/aromatic N) is 3. The highest BCUT2D eigenvalue weighted by Gasteiger charge is 2.26. The number of thiophene rings is 1. The Hall–Kier alpha value is -1.66. The first-order valence-corrected chi connectivity index (χ1v) is 10.2. The van der Waals surface area contributed by atoms with Gasteiger partial charge in [0.2, 0.25) is 0 Å². The van der Waals surface area contributed by atoms with Gasteiger partial charge in [0.15, 0.2) is 0 Å². The molecule has 1 aromatic carbocycles. The zero-order chi connectivity index (χ0) is 17.6. The molecular weight excluding hydrogens is 398 g/mol. The van der Waals surface area contributed by atoms with Crippen LogP contribution in [0, 0.1) is 6.92 Å². The summed E-state index contributed by atoms with van der Waals surface area (Å²) >= 11 is 5.01. The Morgan fingerprint density at radius 1 is 1.28 bits per heavy atom. The van der Waals surface area contributed by atoms with Gasteiger partial charge in [0.25, 0.3) is 5.91 Å². The molecule has 0 aliphatic carbocycles. The number of aryl methyl sites for hydroxylation is 1. The molecule has 0 N–H and O–H groups in total. The zero-order valence-corrected chi connectivity index (χ0v) is 16.7. The highest BCUT2D eigenvalue weighted by atomic mass is 79.9. The smallest absolute Gasteiger partial charge is 0.264 e. The first-order chi connectivity index (χ1) is 12.0. The van der Waals surface area contributed by atoms with E-state index in [4.69, 9.17) is 0 Å². The van der Waals surface area contributed by atoms with Crippen LogP contribution in [0.3, 0.4) is 0 Å². The van der Waals surface area contributed by atoms with Crippen LogP contribution >= 0.6 is 27.3 Å². The van der Waals surface area contributed by atoms with Crippen molar-refractivity contribution in [3.63, 3.8) is 0 Å². The first kappa shape index (κ1) is 16.8. The Labute approximate surface area is 159 Å². The lowest BCUT2D eigenvalue weighted by atomic mass is 10.0. The van der Waals surface area contributed by atoms with Crippen molar-refractivity contribution in [2.45, 2.75) is 39.2 Å². The van der Waals surface area contributed by atoms with Crippen LogP contribution in [0.2, 0.25) is 0 Å². The van der Waals surface area contributed by atoms with E-state index in [1.807, 2.05) is 46.8 Å². The molecule has 0 saturated carbocycles. The Bertz CT molecular complexity index is 928. The fraction of sp³-hybridized carbons (Fsp3) is 0.368. The van der Waals surface area contributed by atoms with Crippen molar-refractivity contribution in [3.05, 3.63) is 45.4 Å². The van der Waals surface area contributed by atoms with E-state index in [1.165, 1.54) is 6.42 Å². The molecule has 1 amide bonds. The third-order valence-corrected chi connectivity index (χ3v) is 6.52. The molecule has 0 spiro atoms. The van der Waals surface area contributed by atoms with Crippen LogP contribution in [-0.2, 0) is 0 Å². The molecule has 4 rings (SSSR count). The second-order valence-corrected chi connectivity index (χ2v) is 8.59. The average Bonchev–Trinajstić information content (AvgIpc) is 3.17. The minimum Gasteiger partial charge on any atom is -0.335 e. The van der Waals surface area contributed by atoms with Crippen LogP contribution in [-0.4, -0.2) is 33.2 Å². The van der Waals surface area contributed by atoms with Crippen LogP contribution in [0.25, 0.3) is 15.9 Å². The van der Waals surface area contributed by atoms with Crippen LogP contribution in [0.1, 0.15) is 41.6 Å². The topological polar surface area (TPSA) is 38.1 Å². The van der Waals surface area contributed by atoms with E-state index in [0.29, 0.717) is 6.04 Å². The van der Waals surface area contributed by atoms with E-state index in [9.17, 15) is 4.79 Å². The predicted molar refractivity (Wildman–Crippen MR) is 106 cm³/mol. The quantitative estimate of drug-likeness (QED) is 0.576. The number of amides is 1. The molecule has 1 atom stereocenters. The summed E-state index contributed by atoms with van der Waals surface area (Å²) in [7, 11) is 0. The predicted octanol–water partition coefficient (Wildman–Crippen LogP) is 5.17. The SMILES string of the molecule is Cc1nn(-c2ccc(Br)cc2)c2sc(C(=O)N3CCCCC3C)cc12. The second kappa shape index (κ2) is 6.57. The number of carbonyl (C=O) groups is 1. The Morgan fingerprint density at radius 3 is 2.76 bits per heavy atom. The van der Waals surface area contributed by atoms with E-state index in [1.54, 1.807) is 11.3 Å². The third kappa shape index (κ3) is 3.02. The van der Waals surface area contributed by atoms with Crippen molar-refractivity contribution in [1.29, 1.82) is 0 Å². The summed E-state index contributed by atoms with van der Waals surface area (Å²) in [5.74, 6) is 0.162. The average molecular weight is 418 g/mol. The van der Waals surface area contributed by atoms with Crippen molar-refractivity contribution in [2.75, 3.05) is 6.54 Å². The van der Waals surface area contributed by atoms with Crippen molar-refractivity contribution in [3.8, 4) is 5.69 Å². The fourth-order valence-electron chi connectivity index (χ4n) is 3.45. The van der Waals surface area contributed by atoms with Gasteiger partial charge in [-0.2, -0.15) is 5.10 Å². The molecule has 4 nitrogen and oxygen atoms in total. The van der Waals surface area contributed by atoms with Crippen LogP contribution in [0.15, 0.2) is 34.8 Å². The standard InChI is InChI=1S/C19H20BrN3OS/c1-12-5-3-4-10-22(12)18(24)17-11-16-13(2)21-23(19(16)25-17)15-8-6-14(20)7-9-15/h6-9,11-12H,3-5,10H2,1-2H3. The van der Waals surface area contributed by atoms with Crippen molar-refractivity contribution < 1.29 is 4.79 Å². The summed E-state index contributed by atoms with van der Waals surface area (Å²) in [5.41, 5.74) is 1.97. The molecule has 25 heavy (non-hydrogen) atoms. The molecule has 1 unspecified atom stereocenters. The monoisotopic (exact) mass is 417 g/mol. The van der Waals surface area contributed by atoms with Crippen molar-refractivity contribution >= 4 is 43.4 Å². The minimum absolute atomic E-state index is 0.162. The summed E-state index contributed by atoms with van der Waals surface area (Å²) in [6.45, 7) is 5.02. The lowest BCUT2D eigenvalue weighted by Crippen LogP contribution is -2.41. The maximum absolute atomic E-state index is 13.0. The lowest BCUT2D eigenvalue weighted by Gasteiger charge is -2.33. The van der Waals surface area contributed by atoms with Crippen LogP contribution in [0.4, 0.5) is 0 Å². The van der Waals surface area contributed by atoms with E-state index in [2.05, 4.69) is 28.0 Å². The number of piperidine rings is 1. The molecule has 1 saturated heterocycles. The maximum atomic E-state index is 13.0. The number of rotatable bonds is 2. The third-order valence-electron chi connectivity index (χ3n) is 4.89. The zero-order valence-electron chi connectivity index (χ0n) is 14.3. The van der Waals surface area contributed by atoms with Gasteiger partial charge in [-0.25, -0.2) is 4.68 Å². The normalized spacial score (nSPS) is 18.0. The molecule has 6 heteroatoms. The molecule has 2 aromatic heterocycles. The Morgan fingerprint density at radius 2 is 2.04 bits per heavy atom. The van der Waals surface area contributed by atoms with Gasteiger partial charge in [-0.1, -0.05) is 15.9 Å². The maximum Gasteiger partial charge on any atom is 0.264 e. The molecule has 1 aliphatic heterocycles. The molecule has 0 radical (unpaired) electrons. The summed E-state index contributed by atoms with van der Waals surface area (Å²) < 4.78 is 2.98. The van der Waals surface area contributed by atoms with Gasteiger partial charge < -0.3 is 4.90 Å². The number of carbonyl (C=O) groups excluding carboxylic acids is 1. The number of benzene rings is 1. The molecule has 1 aliphatic rings. The molecule has 0 bridgehead atoms. The Kier molecular flexibility index (Phi) is 4.41. The number of hydrogen-bond donors (Lipinski definition) is 0. The van der Waals surface area contributed by atoms with Gasteiger partial charge >= 0.3 is 0 Å². The summed E-state index contributed by atoms with van der Waals surface area (Å²) in [5, 5.41) is 5.73. The fourth-order valence-corrected chi connectivity index (χ4v) is 4.85. The van der Waals surface area contributed by atoms with Gasteiger partial charge in [0.05, 0.1) is 16.3 Å². The molecule has 3 heterocycles. The van der Waals surface area contributed by atoms with E-state index in [-0.39, 0.29) is 5.91 Å². The van der Waals surface area contributed by atoms with Gasteiger partial charge in [-0.05, 0) is 63.4 Å². The van der Waals surface area contributed by atoms with Crippen LogP contribution < -0.4 is 0 Å². The van der Waals surface area contributed by atoms with Crippen molar-refractivity contribution in [2.24, 2.45) is 0 Å². The number of halogens is 1. The lowest BCUT2D eigenvalue weighted by molar-refractivity contribution is 0.0641. The number of likely N-dealkylation sites (tertiary alicyclic amines) is 1. The molecule has 1 fully saturated rings. The summed E-state index contributed by atoms with van der Waals surface area (Å²) in [4.78, 5) is 16.9. The summed E-state index contributed by atoms with van der Waals surface area (Å²) in [6.07, 6.45) is 3.42. The largest absolute Gasteiger partial charge is 0.335 e. The summed E-state index contributed by atoms with van der Waals surface area (Å²) in [6, 6.07) is 10.4. The molecule has 130 valence electrons. The second-order valence-electron chi connectivity index (χ2n) is 6.65. The van der Waals surface area contributed by atoms with Crippen molar-refractivity contribution in [1.82, 2.24) is 14.7 Å². The number of fused-ring (bicyclic) bond motifs is 1. The van der Waals surface area contributed by atoms with Gasteiger partial charge in [-0.3, -0.25) is 4.79 Å². The number of aromatic nitrogens is 2. The van der Waals surface area contributed by atoms with E-state index < -0.39 is 0 Å². The van der Waals surface area contributed by atoms with E-state index in [0.717, 1.165) is 50.3 Å². The van der Waals surface area contributed by atoms with Crippen LogP contribution in [0.5, 0.6) is 0 Å². The van der Waals surface area contributed by atoms with Gasteiger partial charge in [0.1, 0.15) is 4.83 Å². The number of hydrogen-bond acceptors (Lipinski definition) is 3.